The summed E-state index contributed by atoms with van der Waals surface area (Å²) < 4.78 is 0.439. The van der Waals surface area contributed by atoms with Crippen molar-refractivity contribution in [2.24, 2.45) is 0 Å². The number of amides is 2. The zero-order valence-corrected chi connectivity index (χ0v) is 18.4. The number of thiophene rings is 1. The molecule has 0 spiro atoms. The predicted molar refractivity (Wildman–Crippen MR) is 121 cm³/mol. The van der Waals surface area contributed by atoms with Crippen molar-refractivity contribution in [2.75, 3.05) is 6.54 Å². The molecule has 29 heavy (non-hydrogen) atoms. The highest BCUT2D eigenvalue weighted by Gasteiger charge is 2.41. The van der Waals surface area contributed by atoms with Crippen LogP contribution in [-0.4, -0.2) is 43.5 Å². The molecule has 2 aliphatic heterocycles. The number of likely N-dealkylation sites (tertiary alicyclic amines) is 1. The highest BCUT2D eigenvalue weighted by Crippen LogP contribution is 2.36. The van der Waals surface area contributed by atoms with Gasteiger partial charge in [-0.25, -0.2) is 0 Å². The average Bonchev–Trinajstić information content (AvgIpc) is 3.35. The monoisotopic (exact) mass is 443 g/mol. The van der Waals surface area contributed by atoms with Crippen LogP contribution >= 0.6 is 35.3 Å². The third kappa shape index (κ3) is 4.15. The van der Waals surface area contributed by atoms with Crippen LogP contribution in [0.15, 0.2) is 46.9 Å². The lowest BCUT2D eigenvalue weighted by Crippen LogP contribution is -2.51. The van der Waals surface area contributed by atoms with Crippen LogP contribution in [-0.2, 0) is 9.59 Å². The van der Waals surface area contributed by atoms with Crippen molar-refractivity contribution in [1.29, 1.82) is 0 Å². The van der Waals surface area contributed by atoms with Crippen molar-refractivity contribution in [3.05, 3.63) is 57.4 Å². The molecule has 2 saturated heterocycles. The van der Waals surface area contributed by atoms with E-state index in [-0.39, 0.29) is 17.9 Å². The summed E-state index contributed by atoms with van der Waals surface area (Å²) >= 11 is 8.29. The average molecular weight is 444 g/mol. The second-order valence-electron chi connectivity index (χ2n) is 7.07. The SMILES string of the molecule is C[C@@H](C(=O)N1CCCC[C@@H]1c1cccnc1)N1C(=O)/C(=C/c2cccs2)SC1=S. The first-order valence-electron chi connectivity index (χ1n) is 9.57. The molecular formula is C21H21N3O2S3. The van der Waals surface area contributed by atoms with Gasteiger partial charge in [0, 0.05) is 23.8 Å². The molecule has 150 valence electrons. The number of hydrogen-bond donors (Lipinski definition) is 0. The van der Waals surface area contributed by atoms with E-state index in [9.17, 15) is 9.59 Å². The van der Waals surface area contributed by atoms with Crippen molar-refractivity contribution >= 4 is 57.5 Å². The first-order chi connectivity index (χ1) is 14.1. The number of carbonyl (C=O) groups is 2. The van der Waals surface area contributed by atoms with Crippen LogP contribution in [0.1, 0.15) is 42.7 Å². The molecule has 2 amide bonds. The summed E-state index contributed by atoms with van der Waals surface area (Å²) in [4.78, 5) is 35.5. The summed E-state index contributed by atoms with van der Waals surface area (Å²) in [6, 6.07) is 7.17. The summed E-state index contributed by atoms with van der Waals surface area (Å²) in [5.74, 6) is -0.253. The number of thioether (sulfide) groups is 1. The van der Waals surface area contributed by atoms with Gasteiger partial charge in [0.25, 0.3) is 5.91 Å². The van der Waals surface area contributed by atoms with Gasteiger partial charge in [-0.15, -0.1) is 11.3 Å². The zero-order chi connectivity index (χ0) is 20.4. The number of pyridine rings is 1. The Kier molecular flexibility index (Phi) is 6.12. The number of aromatic nitrogens is 1. The first-order valence-corrected chi connectivity index (χ1v) is 11.7. The van der Waals surface area contributed by atoms with Crippen LogP contribution in [0.4, 0.5) is 0 Å². The molecule has 4 heterocycles. The summed E-state index contributed by atoms with van der Waals surface area (Å²) in [7, 11) is 0. The van der Waals surface area contributed by atoms with Crippen molar-refractivity contribution < 1.29 is 9.59 Å². The lowest BCUT2D eigenvalue weighted by molar-refractivity contribution is -0.142. The third-order valence-corrected chi connectivity index (χ3v) is 7.39. The summed E-state index contributed by atoms with van der Waals surface area (Å²) in [6.45, 7) is 2.46. The largest absolute Gasteiger partial charge is 0.334 e. The summed E-state index contributed by atoms with van der Waals surface area (Å²) in [5.41, 5.74) is 1.04. The Bertz CT molecular complexity index is 943. The normalized spacial score (nSPS) is 22.4. The van der Waals surface area contributed by atoms with E-state index in [4.69, 9.17) is 12.2 Å². The van der Waals surface area contributed by atoms with Crippen molar-refractivity contribution in [1.82, 2.24) is 14.8 Å². The molecule has 2 fully saturated rings. The molecule has 0 radical (unpaired) electrons. The second kappa shape index (κ2) is 8.77. The third-order valence-electron chi connectivity index (χ3n) is 5.24. The van der Waals surface area contributed by atoms with Crippen LogP contribution in [0.3, 0.4) is 0 Å². The standard InChI is InChI=1S/C21H21N3O2S3/c1-14(24-20(26)18(29-21(24)27)12-16-7-5-11-28-16)19(25)23-10-3-2-8-17(23)15-6-4-9-22-13-15/h4-7,9,11-14,17H,2-3,8,10H2,1H3/b18-12-/t14-,17+/m0/s1. The highest BCUT2D eigenvalue weighted by atomic mass is 32.2. The van der Waals surface area contributed by atoms with Crippen molar-refractivity contribution in [2.45, 2.75) is 38.3 Å². The Morgan fingerprint density at radius 2 is 2.21 bits per heavy atom. The summed E-state index contributed by atoms with van der Waals surface area (Å²) in [6.07, 6.45) is 8.35. The Labute approximate surface area is 183 Å². The number of hydrogen-bond acceptors (Lipinski definition) is 6. The van der Waals surface area contributed by atoms with E-state index in [1.807, 2.05) is 46.8 Å². The Morgan fingerprint density at radius 3 is 2.93 bits per heavy atom. The maximum atomic E-state index is 13.4. The van der Waals surface area contributed by atoms with Gasteiger partial charge in [0.15, 0.2) is 0 Å². The van der Waals surface area contributed by atoms with Gasteiger partial charge in [-0.05, 0) is 55.3 Å². The maximum absolute atomic E-state index is 13.4. The minimum absolute atomic E-state index is 0.00698. The van der Waals surface area contributed by atoms with Gasteiger partial charge in [-0.2, -0.15) is 0 Å². The molecule has 0 saturated carbocycles. The zero-order valence-electron chi connectivity index (χ0n) is 16.0. The number of nitrogens with zero attached hydrogens (tertiary/aromatic N) is 3. The predicted octanol–water partition coefficient (Wildman–Crippen LogP) is 4.49. The molecule has 0 bridgehead atoms. The fourth-order valence-corrected chi connectivity index (χ4v) is 5.92. The lowest BCUT2D eigenvalue weighted by atomic mass is 9.95. The molecular weight excluding hydrogens is 422 g/mol. The first kappa shape index (κ1) is 20.3. The minimum Gasteiger partial charge on any atom is -0.334 e. The van der Waals surface area contributed by atoms with Gasteiger partial charge >= 0.3 is 0 Å². The van der Waals surface area contributed by atoms with Crippen molar-refractivity contribution in [3.63, 3.8) is 0 Å². The van der Waals surface area contributed by atoms with Crippen LogP contribution < -0.4 is 0 Å². The quantitative estimate of drug-likeness (QED) is 0.515. The Morgan fingerprint density at radius 1 is 1.34 bits per heavy atom. The Balaban J connectivity index is 1.55. The number of thiocarbonyl (C=S) groups is 1. The minimum atomic E-state index is -0.631. The smallest absolute Gasteiger partial charge is 0.266 e. The van der Waals surface area contributed by atoms with Crippen LogP contribution in [0.25, 0.3) is 6.08 Å². The lowest BCUT2D eigenvalue weighted by Gasteiger charge is -2.38. The van der Waals surface area contributed by atoms with E-state index in [0.29, 0.717) is 15.8 Å². The molecule has 0 aromatic carbocycles. The fourth-order valence-electron chi connectivity index (χ4n) is 3.78. The van der Waals surface area contributed by atoms with Crippen LogP contribution in [0.5, 0.6) is 0 Å². The van der Waals surface area contributed by atoms with Crippen LogP contribution in [0, 0.1) is 0 Å². The second-order valence-corrected chi connectivity index (χ2v) is 9.73. The van der Waals surface area contributed by atoms with Gasteiger partial charge < -0.3 is 4.90 Å². The molecule has 2 aromatic heterocycles. The Hall–Kier alpha value is -2.03. The molecule has 2 atom stereocenters. The van der Waals surface area contributed by atoms with E-state index >= 15 is 0 Å². The van der Waals surface area contributed by atoms with Gasteiger partial charge in [-0.1, -0.05) is 36.1 Å². The van der Waals surface area contributed by atoms with E-state index in [1.54, 1.807) is 24.5 Å². The number of rotatable bonds is 4. The molecule has 0 N–H and O–H groups in total. The molecule has 2 aliphatic rings. The molecule has 8 heteroatoms. The number of carbonyl (C=O) groups excluding carboxylic acids is 2. The number of piperidine rings is 1. The van der Waals surface area contributed by atoms with E-state index in [0.717, 1.165) is 29.7 Å². The topological polar surface area (TPSA) is 53.5 Å². The van der Waals surface area contributed by atoms with Gasteiger partial charge in [0.1, 0.15) is 10.4 Å². The summed E-state index contributed by atoms with van der Waals surface area (Å²) in [5, 5.41) is 1.97. The maximum Gasteiger partial charge on any atom is 0.266 e. The van der Waals surface area contributed by atoms with E-state index in [1.165, 1.54) is 16.7 Å². The molecule has 4 rings (SSSR count). The molecule has 0 unspecified atom stereocenters. The van der Waals surface area contributed by atoms with Gasteiger partial charge in [-0.3, -0.25) is 19.5 Å². The van der Waals surface area contributed by atoms with Gasteiger partial charge in [0.05, 0.1) is 10.9 Å². The highest BCUT2D eigenvalue weighted by molar-refractivity contribution is 8.26. The van der Waals surface area contributed by atoms with Gasteiger partial charge in [0.2, 0.25) is 5.91 Å². The van der Waals surface area contributed by atoms with E-state index < -0.39 is 6.04 Å². The van der Waals surface area contributed by atoms with E-state index in [2.05, 4.69) is 4.98 Å². The molecule has 0 aliphatic carbocycles. The fraction of sp³-hybridized carbons (Fsp3) is 0.333. The molecule has 2 aromatic rings. The van der Waals surface area contributed by atoms with Crippen LogP contribution in [0.2, 0.25) is 0 Å². The van der Waals surface area contributed by atoms with Crippen molar-refractivity contribution in [3.8, 4) is 0 Å². The molecule has 5 nitrogen and oxygen atoms in total.